The van der Waals surface area contributed by atoms with Gasteiger partial charge in [-0.3, -0.25) is 9.36 Å². The van der Waals surface area contributed by atoms with E-state index in [1.807, 2.05) is 24.3 Å². The Morgan fingerprint density at radius 1 is 1.13 bits per heavy atom. The monoisotopic (exact) mass is 461 g/mol. The molecule has 166 valence electrons. The first-order chi connectivity index (χ1) is 14.0. The predicted molar refractivity (Wildman–Crippen MR) is 130 cm³/mol. The standard InChI is InChI=1S/C23H28ClN5O.ClH/c1-22(2)11-15(12-23(3,4)28-22)26-21-25-13-14-10-17(16-8-6-7-9-18(16)24)20(30)29(5)19(14)27-21;/h6-10,13,15,28H,11-12H2,1-5H3,(H,25,26,27);1H. The number of aryl methyl sites for hydroxylation is 1. The highest BCUT2D eigenvalue weighted by Crippen LogP contribution is 2.30. The van der Waals surface area contributed by atoms with Gasteiger partial charge in [0.15, 0.2) is 0 Å². The lowest BCUT2D eigenvalue weighted by Crippen LogP contribution is -2.60. The molecule has 1 aliphatic rings. The summed E-state index contributed by atoms with van der Waals surface area (Å²) in [5, 5.41) is 8.51. The van der Waals surface area contributed by atoms with Gasteiger partial charge in [0.2, 0.25) is 5.95 Å². The van der Waals surface area contributed by atoms with E-state index in [0.29, 0.717) is 27.7 Å². The predicted octanol–water partition coefficient (Wildman–Crippen LogP) is 4.79. The number of hydrogen-bond donors (Lipinski definition) is 2. The highest BCUT2D eigenvalue weighted by Gasteiger charge is 2.37. The lowest BCUT2D eigenvalue weighted by atomic mass is 9.80. The van der Waals surface area contributed by atoms with Crippen molar-refractivity contribution in [2.75, 3.05) is 5.32 Å². The van der Waals surface area contributed by atoms with Crippen molar-refractivity contribution in [1.29, 1.82) is 0 Å². The van der Waals surface area contributed by atoms with Crippen LogP contribution in [0, 0.1) is 0 Å². The van der Waals surface area contributed by atoms with Crippen molar-refractivity contribution in [1.82, 2.24) is 19.9 Å². The largest absolute Gasteiger partial charge is 0.351 e. The van der Waals surface area contributed by atoms with E-state index in [-0.39, 0.29) is 35.1 Å². The molecule has 0 saturated carbocycles. The molecule has 31 heavy (non-hydrogen) atoms. The summed E-state index contributed by atoms with van der Waals surface area (Å²) in [5.74, 6) is 0.543. The first-order valence-corrected chi connectivity index (χ1v) is 10.6. The zero-order valence-corrected chi connectivity index (χ0v) is 20.1. The molecule has 0 aliphatic carbocycles. The van der Waals surface area contributed by atoms with Crippen LogP contribution in [-0.4, -0.2) is 31.7 Å². The number of nitrogens with one attached hydrogen (secondary N) is 2. The van der Waals surface area contributed by atoms with E-state index in [1.54, 1.807) is 23.9 Å². The Kier molecular flexibility index (Phi) is 6.38. The Hall–Kier alpha value is -2.15. The Morgan fingerprint density at radius 2 is 1.77 bits per heavy atom. The number of fused-ring (bicyclic) bond motifs is 1. The summed E-state index contributed by atoms with van der Waals surface area (Å²) in [5.41, 5.74) is 1.76. The molecule has 4 rings (SSSR count). The van der Waals surface area contributed by atoms with Gasteiger partial charge >= 0.3 is 0 Å². The van der Waals surface area contributed by atoms with Crippen molar-refractivity contribution in [2.45, 2.75) is 57.7 Å². The van der Waals surface area contributed by atoms with Crippen LogP contribution in [0.4, 0.5) is 5.95 Å². The number of rotatable bonds is 3. The van der Waals surface area contributed by atoms with E-state index >= 15 is 0 Å². The van der Waals surface area contributed by atoms with Crippen LogP contribution in [0.2, 0.25) is 5.02 Å². The smallest absolute Gasteiger partial charge is 0.259 e. The molecular weight excluding hydrogens is 433 g/mol. The third-order valence-electron chi connectivity index (χ3n) is 5.64. The van der Waals surface area contributed by atoms with Gasteiger partial charge in [-0.15, -0.1) is 12.4 Å². The Balaban J connectivity index is 0.00000272. The molecule has 0 amide bonds. The molecule has 0 bridgehead atoms. The fourth-order valence-corrected chi connectivity index (χ4v) is 5.03. The van der Waals surface area contributed by atoms with Crippen molar-refractivity contribution < 1.29 is 0 Å². The minimum atomic E-state index is -0.135. The SMILES string of the molecule is Cl.Cn1c(=O)c(-c2ccccc2Cl)cc2cnc(NC3CC(C)(C)NC(C)(C)C3)nc21. The number of hydrogen-bond acceptors (Lipinski definition) is 5. The number of aromatic nitrogens is 3. The molecule has 0 unspecified atom stereocenters. The van der Waals surface area contributed by atoms with E-state index in [0.717, 1.165) is 18.2 Å². The van der Waals surface area contributed by atoms with E-state index in [9.17, 15) is 4.79 Å². The van der Waals surface area contributed by atoms with Crippen molar-refractivity contribution in [3.05, 3.63) is 51.9 Å². The normalized spacial score (nSPS) is 17.9. The van der Waals surface area contributed by atoms with Gasteiger partial charge in [-0.2, -0.15) is 4.98 Å². The van der Waals surface area contributed by atoms with Gasteiger partial charge in [0, 0.05) is 51.9 Å². The van der Waals surface area contributed by atoms with Gasteiger partial charge in [-0.25, -0.2) is 4.98 Å². The fourth-order valence-electron chi connectivity index (χ4n) is 4.80. The molecule has 1 aromatic carbocycles. The maximum absolute atomic E-state index is 13.0. The molecule has 1 saturated heterocycles. The highest BCUT2D eigenvalue weighted by atomic mass is 35.5. The third-order valence-corrected chi connectivity index (χ3v) is 5.97. The first kappa shape index (κ1) is 23.5. The second-order valence-corrected chi connectivity index (χ2v) is 9.92. The minimum absolute atomic E-state index is 0. The molecule has 3 aromatic rings. The van der Waals surface area contributed by atoms with Crippen molar-refractivity contribution >= 4 is 41.0 Å². The average Bonchev–Trinajstić information content (AvgIpc) is 2.63. The lowest BCUT2D eigenvalue weighted by molar-refractivity contribution is 0.170. The van der Waals surface area contributed by atoms with Crippen LogP contribution >= 0.6 is 24.0 Å². The average molecular weight is 462 g/mol. The summed E-state index contributed by atoms with van der Waals surface area (Å²) < 4.78 is 1.57. The quantitative estimate of drug-likeness (QED) is 0.586. The van der Waals surface area contributed by atoms with E-state index in [1.165, 1.54) is 0 Å². The summed E-state index contributed by atoms with van der Waals surface area (Å²) in [6.45, 7) is 8.85. The van der Waals surface area contributed by atoms with E-state index < -0.39 is 0 Å². The van der Waals surface area contributed by atoms with Crippen LogP contribution < -0.4 is 16.2 Å². The lowest BCUT2D eigenvalue weighted by Gasteiger charge is -2.46. The molecule has 2 N–H and O–H groups in total. The minimum Gasteiger partial charge on any atom is -0.351 e. The number of piperidine rings is 1. The molecule has 6 nitrogen and oxygen atoms in total. The summed E-state index contributed by atoms with van der Waals surface area (Å²) in [6.07, 6.45) is 3.69. The number of pyridine rings is 1. The second-order valence-electron chi connectivity index (χ2n) is 9.52. The number of halogens is 2. The molecule has 0 atom stereocenters. The molecule has 2 aromatic heterocycles. The maximum Gasteiger partial charge on any atom is 0.259 e. The van der Waals surface area contributed by atoms with E-state index in [4.69, 9.17) is 11.6 Å². The van der Waals surface area contributed by atoms with Crippen LogP contribution in [0.15, 0.2) is 41.3 Å². The van der Waals surface area contributed by atoms with Crippen molar-refractivity contribution in [2.24, 2.45) is 7.05 Å². The molecule has 0 spiro atoms. The number of anilines is 1. The van der Waals surface area contributed by atoms with Gasteiger partial charge in [-0.1, -0.05) is 29.8 Å². The van der Waals surface area contributed by atoms with Gasteiger partial charge in [-0.05, 0) is 52.7 Å². The zero-order valence-electron chi connectivity index (χ0n) is 18.5. The number of nitrogens with zero attached hydrogens (tertiary/aromatic N) is 3. The van der Waals surface area contributed by atoms with Gasteiger partial charge < -0.3 is 10.6 Å². The zero-order chi connectivity index (χ0) is 21.7. The Labute approximate surface area is 193 Å². The van der Waals surface area contributed by atoms with Crippen LogP contribution in [0.5, 0.6) is 0 Å². The number of benzene rings is 1. The summed E-state index contributed by atoms with van der Waals surface area (Å²) in [4.78, 5) is 22.2. The first-order valence-electron chi connectivity index (χ1n) is 10.2. The van der Waals surface area contributed by atoms with Crippen LogP contribution in [-0.2, 0) is 7.05 Å². The summed E-state index contributed by atoms with van der Waals surface area (Å²) in [7, 11) is 1.73. The molecule has 8 heteroatoms. The second kappa shape index (κ2) is 8.41. The maximum atomic E-state index is 13.0. The van der Waals surface area contributed by atoms with Gasteiger partial charge in [0.25, 0.3) is 5.56 Å². The van der Waals surface area contributed by atoms with Crippen molar-refractivity contribution in [3.63, 3.8) is 0 Å². The Bertz CT molecular complexity index is 1160. The topological polar surface area (TPSA) is 71.8 Å². The third kappa shape index (κ3) is 4.86. The molecule has 3 heterocycles. The molecule has 0 radical (unpaired) electrons. The highest BCUT2D eigenvalue weighted by molar-refractivity contribution is 6.33. The van der Waals surface area contributed by atoms with Crippen LogP contribution in [0.1, 0.15) is 40.5 Å². The fraction of sp³-hybridized carbons (Fsp3) is 0.435. The summed E-state index contributed by atoms with van der Waals surface area (Å²) >= 11 is 6.32. The van der Waals surface area contributed by atoms with Crippen molar-refractivity contribution in [3.8, 4) is 11.1 Å². The van der Waals surface area contributed by atoms with Crippen LogP contribution in [0.25, 0.3) is 22.2 Å². The van der Waals surface area contributed by atoms with Crippen LogP contribution in [0.3, 0.4) is 0 Å². The molecular formula is C23H29Cl2N5O. The van der Waals surface area contributed by atoms with Gasteiger partial charge in [0.1, 0.15) is 5.65 Å². The summed E-state index contributed by atoms with van der Waals surface area (Å²) in [6, 6.07) is 9.42. The molecule has 1 aliphatic heterocycles. The van der Waals surface area contributed by atoms with Gasteiger partial charge in [0.05, 0.1) is 0 Å². The molecule has 1 fully saturated rings. The van der Waals surface area contributed by atoms with E-state index in [2.05, 4.69) is 48.3 Å². The Morgan fingerprint density at radius 3 is 2.42 bits per heavy atom.